The van der Waals surface area contributed by atoms with Crippen molar-refractivity contribution in [3.63, 3.8) is 0 Å². The van der Waals surface area contributed by atoms with Crippen molar-refractivity contribution in [2.24, 2.45) is 0 Å². The van der Waals surface area contributed by atoms with Crippen molar-refractivity contribution in [1.82, 2.24) is 0 Å². The van der Waals surface area contributed by atoms with Crippen molar-refractivity contribution in [1.29, 1.82) is 0 Å². The summed E-state index contributed by atoms with van der Waals surface area (Å²) in [6, 6.07) is 58.0. The Morgan fingerprint density at radius 1 is 0.319 bits per heavy atom. The van der Waals surface area contributed by atoms with Gasteiger partial charge in [0.25, 0.3) is 0 Å². The molecular formula is C44H27NO2. The van der Waals surface area contributed by atoms with Crippen LogP contribution < -0.4 is 4.90 Å². The predicted octanol–water partition coefficient (Wildman–Crippen LogP) is 12.9. The number of benzene rings is 8. The molecule has 0 aliphatic carbocycles. The molecule has 0 spiro atoms. The van der Waals surface area contributed by atoms with Gasteiger partial charge in [0.1, 0.15) is 22.3 Å². The second-order valence-electron chi connectivity index (χ2n) is 12.1. The van der Waals surface area contributed by atoms with E-state index >= 15 is 0 Å². The van der Waals surface area contributed by atoms with Crippen LogP contribution in [0.25, 0.3) is 76.5 Å². The van der Waals surface area contributed by atoms with Crippen molar-refractivity contribution < 1.29 is 8.83 Å². The molecule has 3 heteroatoms. The molecule has 0 aliphatic rings. The number of nitrogens with zero attached hydrogens (tertiary/aromatic N) is 1. The minimum absolute atomic E-state index is 0.875. The van der Waals surface area contributed by atoms with Gasteiger partial charge in [0.05, 0.1) is 5.69 Å². The fourth-order valence-electron chi connectivity index (χ4n) is 7.22. The van der Waals surface area contributed by atoms with E-state index in [-0.39, 0.29) is 0 Å². The molecule has 220 valence electrons. The lowest BCUT2D eigenvalue weighted by Gasteiger charge is -2.28. The van der Waals surface area contributed by atoms with Gasteiger partial charge >= 0.3 is 0 Å². The maximum atomic E-state index is 6.46. The van der Waals surface area contributed by atoms with E-state index < -0.39 is 0 Å². The normalized spacial score (nSPS) is 11.8. The second kappa shape index (κ2) is 10.1. The quantitative estimate of drug-likeness (QED) is 0.188. The maximum absolute atomic E-state index is 6.46. The lowest BCUT2D eigenvalue weighted by atomic mass is 9.96. The van der Waals surface area contributed by atoms with E-state index in [2.05, 4.69) is 144 Å². The SMILES string of the molecule is c1ccc(-c2cccc(N(c3ccc4oc5ccccc5c4c3)c3cc4ccccc4c4cc5c(cc34)oc3ccccc35)c2)cc1. The van der Waals surface area contributed by atoms with E-state index in [0.717, 1.165) is 71.9 Å². The van der Waals surface area contributed by atoms with Crippen LogP contribution in [-0.2, 0) is 0 Å². The zero-order valence-corrected chi connectivity index (χ0v) is 25.4. The lowest BCUT2D eigenvalue weighted by molar-refractivity contribution is 0.669. The van der Waals surface area contributed by atoms with Gasteiger partial charge in [-0.05, 0) is 87.9 Å². The van der Waals surface area contributed by atoms with Gasteiger partial charge in [-0.2, -0.15) is 0 Å². The molecule has 0 amide bonds. The molecule has 0 saturated carbocycles. The van der Waals surface area contributed by atoms with Gasteiger partial charge < -0.3 is 13.7 Å². The lowest BCUT2D eigenvalue weighted by Crippen LogP contribution is -2.11. The molecule has 0 bridgehead atoms. The number of furan rings is 2. The fourth-order valence-corrected chi connectivity index (χ4v) is 7.22. The Morgan fingerprint density at radius 2 is 0.936 bits per heavy atom. The minimum atomic E-state index is 0.875. The second-order valence-corrected chi connectivity index (χ2v) is 12.1. The Hall–Kier alpha value is -6.32. The summed E-state index contributed by atoms with van der Waals surface area (Å²) >= 11 is 0. The van der Waals surface area contributed by atoms with Crippen LogP contribution in [0.3, 0.4) is 0 Å². The molecule has 10 rings (SSSR count). The Kier molecular flexibility index (Phi) is 5.57. The van der Waals surface area contributed by atoms with Crippen LogP contribution in [0.1, 0.15) is 0 Å². The third kappa shape index (κ3) is 4.07. The molecule has 10 aromatic rings. The highest BCUT2D eigenvalue weighted by molar-refractivity contribution is 6.21. The van der Waals surface area contributed by atoms with Crippen molar-refractivity contribution in [3.05, 3.63) is 164 Å². The molecular weight excluding hydrogens is 574 g/mol. The maximum Gasteiger partial charge on any atom is 0.136 e. The summed E-state index contributed by atoms with van der Waals surface area (Å²) < 4.78 is 12.7. The van der Waals surface area contributed by atoms with Crippen LogP contribution in [0.2, 0.25) is 0 Å². The van der Waals surface area contributed by atoms with Gasteiger partial charge in [-0.15, -0.1) is 0 Å². The molecule has 2 heterocycles. The first kappa shape index (κ1) is 26.0. The van der Waals surface area contributed by atoms with E-state index in [1.54, 1.807) is 0 Å². The number of hydrogen-bond donors (Lipinski definition) is 0. The summed E-state index contributed by atoms with van der Waals surface area (Å²) in [5.41, 5.74) is 9.08. The van der Waals surface area contributed by atoms with Gasteiger partial charge in [0.2, 0.25) is 0 Å². The summed E-state index contributed by atoms with van der Waals surface area (Å²) in [6.07, 6.45) is 0. The Bertz CT molecular complexity index is 2810. The van der Waals surface area contributed by atoms with Crippen LogP contribution in [0.15, 0.2) is 173 Å². The van der Waals surface area contributed by atoms with Crippen LogP contribution in [0, 0.1) is 0 Å². The average Bonchev–Trinajstić information content (AvgIpc) is 3.69. The molecule has 0 N–H and O–H groups in total. The van der Waals surface area contributed by atoms with Gasteiger partial charge in [-0.1, -0.05) is 103 Å². The number of anilines is 3. The van der Waals surface area contributed by atoms with E-state index in [9.17, 15) is 0 Å². The summed E-state index contributed by atoms with van der Waals surface area (Å²) in [4.78, 5) is 2.39. The topological polar surface area (TPSA) is 29.5 Å². The van der Waals surface area contributed by atoms with E-state index in [1.807, 2.05) is 24.3 Å². The minimum Gasteiger partial charge on any atom is -0.456 e. The molecule has 0 atom stereocenters. The third-order valence-corrected chi connectivity index (χ3v) is 9.41. The number of para-hydroxylation sites is 2. The fraction of sp³-hybridized carbons (Fsp3) is 0. The summed E-state index contributed by atoms with van der Waals surface area (Å²) in [7, 11) is 0. The Labute approximate surface area is 270 Å². The molecule has 8 aromatic carbocycles. The molecule has 0 radical (unpaired) electrons. The highest BCUT2D eigenvalue weighted by Crippen LogP contribution is 2.46. The zero-order valence-electron chi connectivity index (χ0n) is 25.4. The molecule has 0 fully saturated rings. The van der Waals surface area contributed by atoms with Crippen LogP contribution in [0.5, 0.6) is 0 Å². The monoisotopic (exact) mass is 601 g/mol. The smallest absolute Gasteiger partial charge is 0.136 e. The standard InChI is InChI=1S/C44H27NO2/c1-2-11-28(12-3-1)29-14-10-15-31(23-29)45(32-21-22-43-38(25-32)34-17-6-8-19-41(34)46-43)40-24-30-13-4-5-16-33(30)36-26-39-35-18-7-9-20-42(35)47-44(39)27-37(36)40/h1-27H. The number of rotatable bonds is 4. The largest absolute Gasteiger partial charge is 0.456 e. The predicted molar refractivity (Wildman–Crippen MR) is 196 cm³/mol. The Morgan fingerprint density at radius 3 is 1.74 bits per heavy atom. The number of hydrogen-bond acceptors (Lipinski definition) is 3. The van der Waals surface area contributed by atoms with Crippen LogP contribution in [-0.4, -0.2) is 0 Å². The molecule has 2 aromatic heterocycles. The Balaban J connectivity index is 1.31. The first-order valence-corrected chi connectivity index (χ1v) is 15.9. The molecule has 47 heavy (non-hydrogen) atoms. The van der Waals surface area contributed by atoms with Crippen molar-refractivity contribution in [3.8, 4) is 11.1 Å². The first-order valence-electron chi connectivity index (χ1n) is 15.9. The van der Waals surface area contributed by atoms with Gasteiger partial charge in [-0.3, -0.25) is 0 Å². The summed E-state index contributed by atoms with van der Waals surface area (Å²) in [5, 5.41) is 9.16. The summed E-state index contributed by atoms with van der Waals surface area (Å²) in [6.45, 7) is 0. The van der Waals surface area contributed by atoms with Crippen LogP contribution >= 0.6 is 0 Å². The third-order valence-electron chi connectivity index (χ3n) is 9.41. The molecule has 0 unspecified atom stereocenters. The number of fused-ring (bicyclic) bond motifs is 9. The van der Waals surface area contributed by atoms with E-state index in [4.69, 9.17) is 8.83 Å². The summed E-state index contributed by atoms with van der Waals surface area (Å²) in [5.74, 6) is 0. The zero-order chi connectivity index (χ0) is 30.9. The highest BCUT2D eigenvalue weighted by Gasteiger charge is 2.21. The van der Waals surface area contributed by atoms with Gasteiger partial charge in [-0.25, -0.2) is 0 Å². The van der Waals surface area contributed by atoms with Crippen LogP contribution in [0.4, 0.5) is 17.1 Å². The van der Waals surface area contributed by atoms with Gasteiger partial charge in [0.15, 0.2) is 0 Å². The van der Waals surface area contributed by atoms with E-state index in [0.29, 0.717) is 0 Å². The first-order chi connectivity index (χ1) is 23.3. The van der Waals surface area contributed by atoms with Gasteiger partial charge in [0, 0.05) is 38.3 Å². The van der Waals surface area contributed by atoms with E-state index in [1.165, 1.54) is 21.7 Å². The molecule has 3 nitrogen and oxygen atoms in total. The molecule has 0 aliphatic heterocycles. The average molecular weight is 602 g/mol. The van der Waals surface area contributed by atoms with Crippen molar-refractivity contribution >= 4 is 82.5 Å². The highest BCUT2D eigenvalue weighted by atomic mass is 16.3. The molecule has 0 saturated heterocycles. The van der Waals surface area contributed by atoms with Crippen molar-refractivity contribution in [2.45, 2.75) is 0 Å². The van der Waals surface area contributed by atoms with Crippen molar-refractivity contribution in [2.75, 3.05) is 4.90 Å².